The van der Waals surface area contributed by atoms with Crippen molar-refractivity contribution in [3.05, 3.63) is 53.6 Å². The van der Waals surface area contributed by atoms with Gasteiger partial charge in [-0.25, -0.2) is 0 Å². The standard InChI is InChI=1S/C13H12Cl/c1-2-5-13(14)12-9-8-10-6-3-4-7-11(10)12/h2-5,7-9,12-13H,1H3. The molecule has 2 unspecified atom stereocenters. The van der Waals surface area contributed by atoms with Crippen LogP contribution in [0.15, 0.2) is 36.4 Å². The van der Waals surface area contributed by atoms with Gasteiger partial charge < -0.3 is 0 Å². The minimum Gasteiger partial charge on any atom is -0.117 e. The molecule has 1 heteroatoms. The third-order valence-electron chi connectivity index (χ3n) is 2.47. The van der Waals surface area contributed by atoms with Gasteiger partial charge in [0.2, 0.25) is 0 Å². The third-order valence-corrected chi connectivity index (χ3v) is 2.89. The summed E-state index contributed by atoms with van der Waals surface area (Å²) in [5, 5.41) is 0.0494. The van der Waals surface area contributed by atoms with Crippen LogP contribution in [0.25, 0.3) is 6.08 Å². The minimum atomic E-state index is 0.0494. The van der Waals surface area contributed by atoms with E-state index < -0.39 is 0 Å². The van der Waals surface area contributed by atoms with Gasteiger partial charge in [0.15, 0.2) is 0 Å². The molecule has 71 valence electrons. The highest BCUT2D eigenvalue weighted by atomic mass is 35.5. The summed E-state index contributed by atoms with van der Waals surface area (Å²) in [5.41, 5.74) is 2.46. The number of alkyl halides is 1. The number of fused-ring (bicyclic) bond motifs is 1. The topological polar surface area (TPSA) is 0 Å². The predicted molar refractivity (Wildman–Crippen MR) is 61.5 cm³/mol. The maximum Gasteiger partial charge on any atom is 0.0619 e. The van der Waals surface area contributed by atoms with E-state index in [9.17, 15) is 0 Å². The third kappa shape index (κ3) is 1.62. The van der Waals surface area contributed by atoms with E-state index in [1.54, 1.807) is 0 Å². The van der Waals surface area contributed by atoms with Gasteiger partial charge in [0.1, 0.15) is 0 Å². The summed E-state index contributed by atoms with van der Waals surface area (Å²) in [6.07, 6.45) is 8.27. The van der Waals surface area contributed by atoms with Gasteiger partial charge in [-0.3, -0.25) is 0 Å². The van der Waals surface area contributed by atoms with Crippen LogP contribution in [-0.2, 0) is 0 Å². The van der Waals surface area contributed by atoms with E-state index in [1.165, 1.54) is 11.1 Å². The number of halogens is 1. The van der Waals surface area contributed by atoms with Crippen LogP contribution in [0.1, 0.15) is 24.0 Å². The van der Waals surface area contributed by atoms with Crippen LogP contribution in [0.5, 0.6) is 0 Å². The van der Waals surface area contributed by atoms with E-state index in [0.29, 0.717) is 5.92 Å². The van der Waals surface area contributed by atoms with Gasteiger partial charge in [-0.1, -0.05) is 42.5 Å². The first kappa shape index (κ1) is 9.54. The van der Waals surface area contributed by atoms with E-state index in [2.05, 4.69) is 24.3 Å². The SMILES string of the molecule is CC=CC(Cl)C1C=Cc2[c]cccc21. The van der Waals surface area contributed by atoms with Gasteiger partial charge in [-0.05, 0) is 24.1 Å². The molecule has 0 fully saturated rings. The fraction of sp³-hybridized carbons (Fsp3) is 0.231. The molecule has 0 bridgehead atoms. The Labute approximate surface area is 89.9 Å². The Hall–Kier alpha value is -1.01. The first-order valence-electron chi connectivity index (χ1n) is 4.78. The Kier molecular flexibility index (Phi) is 2.74. The summed E-state index contributed by atoms with van der Waals surface area (Å²) in [6.45, 7) is 1.99. The summed E-state index contributed by atoms with van der Waals surface area (Å²) < 4.78 is 0. The van der Waals surface area contributed by atoms with Gasteiger partial charge >= 0.3 is 0 Å². The first-order chi connectivity index (χ1) is 6.83. The molecule has 0 aromatic heterocycles. The lowest BCUT2D eigenvalue weighted by Crippen LogP contribution is -2.06. The summed E-state index contributed by atoms with van der Waals surface area (Å²) in [4.78, 5) is 0. The van der Waals surface area contributed by atoms with E-state index in [4.69, 9.17) is 11.6 Å². The second-order valence-electron chi connectivity index (χ2n) is 3.39. The van der Waals surface area contributed by atoms with Crippen LogP contribution >= 0.6 is 11.6 Å². The molecule has 0 amide bonds. The van der Waals surface area contributed by atoms with Gasteiger partial charge in [-0.15, -0.1) is 11.6 Å². The zero-order valence-corrected chi connectivity index (χ0v) is 8.83. The second-order valence-corrected chi connectivity index (χ2v) is 3.90. The van der Waals surface area contributed by atoms with Gasteiger partial charge in [0.25, 0.3) is 0 Å². The molecule has 1 aliphatic carbocycles. The largest absolute Gasteiger partial charge is 0.117 e. The molecule has 0 N–H and O–H groups in total. The highest BCUT2D eigenvalue weighted by molar-refractivity contribution is 6.22. The lowest BCUT2D eigenvalue weighted by atomic mass is 9.97. The van der Waals surface area contributed by atoms with Crippen molar-refractivity contribution in [3.63, 3.8) is 0 Å². The Morgan fingerprint density at radius 2 is 2.43 bits per heavy atom. The molecule has 1 aromatic carbocycles. The molecule has 1 aromatic rings. The second kappa shape index (κ2) is 4.02. The maximum absolute atomic E-state index is 6.26. The Morgan fingerprint density at radius 3 is 3.21 bits per heavy atom. The zero-order valence-electron chi connectivity index (χ0n) is 8.07. The Balaban J connectivity index is 2.30. The smallest absolute Gasteiger partial charge is 0.0619 e. The Bertz CT molecular complexity index is 377. The number of rotatable bonds is 2. The number of hydrogen-bond donors (Lipinski definition) is 0. The van der Waals surface area contributed by atoms with Crippen molar-refractivity contribution in [1.82, 2.24) is 0 Å². The number of hydrogen-bond acceptors (Lipinski definition) is 0. The molecule has 1 aliphatic rings. The van der Waals surface area contributed by atoms with E-state index in [0.717, 1.165) is 0 Å². The molecule has 0 saturated carbocycles. The molecule has 0 heterocycles. The molecule has 0 nitrogen and oxygen atoms in total. The fourth-order valence-electron chi connectivity index (χ4n) is 1.78. The molecule has 0 saturated heterocycles. The molecule has 14 heavy (non-hydrogen) atoms. The molecule has 0 spiro atoms. The number of allylic oxidation sites excluding steroid dienone is 3. The average Bonchev–Trinajstić information content (AvgIpc) is 2.61. The molecule has 1 radical (unpaired) electrons. The average molecular weight is 204 g/mol. The summed E-state index contributed by atoms with van der Waals surface area (Å²) in [6, 6.07) is 9.27. The highest BCUT2D eigenvalue weighted by Gasteiger charge is 2.22. The lowest BCUT2D eigenvalue weighted by molar-refractivity contribution is 0.886. The monoisotopic (exact) mass is 203 g/mol. The normalized spacial score (nSPS) is 21.4. The van der Waals surface area contributed by atoms with Gasteiger partial charge in [0, 0.05) is 5.92 Å². The summed E-state index contributed by atoms with van der Waals surface area (Å²) >= 11 is 6.26. The lowest BCUT2D eigenvalue weighted by Gasteiger charge is -2.13. The van der Waals surface area contributed by atoms with E-state index in [1.807, 2.05) is 31.2 Å². The molecule has 0 aliphatic heterocycles. The van der Waals surface area contributed by atoms with Crippen LogP contribution in [0.2, 0.25) is 0 Å². The Morgan fingerprint density at radius 1 is 1.57 bits per heavy atom. The minimum absolute atomic E-state index is 0.0494. The van der Waals surface area contributed by atoms with E-state index >= 15 is 0 Å². The molecule has 2 rings (SSSR count). The van der Waals surface area contributed by atoms with Crippen molar-refractivity contribution < 1.29 is 0 Å². The molecule has 2 atom stereocenters. The summed E-state index contributed by atoms with van der Waals surface area (Å²) in [7, 11) is 0. The highest BCUT2D eigenvalue weighted by Crippen LogP contribution is 2.34. The zero-order chi connectivity index (χ0) is 9.97. The van der Waals surface area contributed by atoms with Crippen molar-refractivity contribution in [2.45, 2.75) is 18.2 Å². The predicted octanol–water partition coefficient (Wildman–Crippen LogP) is 3.78. The van der Waals surface area contributed by atoms with E-state index in [-0.39, 0.29) is 5.38 Å². The molecular weight excluding hydrogens is 192 g/mol. The quantitative estimate of drug-likeness (QED) is 0.507. The van der Waals surface area contributed by atoms with Gasteiger partial charge in [0.05, 0.1) is 5.38 Å². The number of benzene rings is 1. The molecular formula is C13H12Cl. The van der Waals surface area contributed by atoms with Crippen LogP contribution < -0.4 is 0 Å². The maximum atomic E-state index is 6.26. The van der Waals surface area contributed by atoms with Crippen molar-refractivity contribution in [2.75, 3.05) is 0 Å². The first-order valence-corrected chi connectivity index (χ1v) is 5.22. The summed E-state index contributed by atoms with van der Waals surface area (Å²) in [5.74, 6) is 0.306. The van der Waals surface area contributed by atoms with Crippen LogP contribution in [0.3, 0.4) is 0 Å². The van der Waals surface area contributed by atoms with Crippen molar-refractivity contribution in [3.8, 4) is 0 Å². The van der Waals surface area contributed by atoms with Gasteiger partial charge in [-0.2, -0.15) is 0 Å². The van der Waals surface area contributed by atoms with Crippen LogP contribution in [0.4, 0.5) is 0 Å². The van der Waals surface area contributed by atoms with Crippen molar-refractivity contribution >= 4 is 17.7 Å². The van der Waals surface area contributed by atoms with Crippen LogP contribution in [-0.4, -0.2) is 5.38 Å². The van der Waals surface area contributed by atoms with Crippen LogP contribution in [0, 0.1) is 6.07 Å². The van der Waals surface area contributed by atoms with Crippen molar-refractivity contribution in [1.29, 1.82) is 0 Å². The fourth-order valence-corrected chi connectivity index (χ4v) is 2.15. The van der Waals surface area contributed by atoms with Crippen molar-refractivity contribution in [2.24, 2.45) is 0 Å².